The highest BCUT2D eigenvalue weighted by molar-refractivity contribution is 7.71. The summed E-state index contributed by atoms with van der Waals surface area (Å²) in [7, 11) is 1.63. The molecule has 0 aliphatic heterocycles. The number of aromatic nitrogens is 2. The molecule has 0 spiro atoms. The van der Waals surface area contributed by atoms with E-state index in [2.05, 4.69) is 9.97 Å². The van der Waals surface area contributed by atoms with E-state index >= 15 is 0 Å². The van der Waals surface area contributed by atoms with E-state index in [4.69, 9.17) is 17.0 Å². The molecule has 0 saturated heterocycles. The Kier molecular flexibility index (Phi) is 1.98. The molecule has 1 aromatic carbocycles. The Hall–Kier alpha value is -1.42. The molecule has 2 aromatic rings. The molecule has 0 fully saturated rings. The molecule has 1 aromatic heterocycles. The van der Waals surface area contributed by atoms with Gasteiger partial charge in [-0.2, -0.15) is 0 Å². The Labute approximate surface area is 80.4 Å². The number of hydrogen-bond acceptors (Lipinski definition) is 3. The van der Waals surface area contributed by atoms with Crippen molar-refractivity contribution in [1.82, 2.24) is 9.97 Å². The number of rotatable bonds is 1. The van der Waals surface area contributed by atoms with E-state index in [0.29, 0.717) is 4.64 Å². The van der Waals surface area contributed by atoms with Crippen LogP contribution in [0.2, 0.25) is 0 Å². The molecule has 0 bridgehead atoms. The van der Waals surface area contributed by atoms with Crippen molar-refractivity contribution >= 4 is 23.1 Å². The molecule has 0 aliphatic rings. The van der Waals surface area contributed by atoms with Crippen LogP contribution in [-0.2, 0) is 0 Å². The second kappa shape index (κ2) is 3.14. The zero-order chi connectivity index (χ0) is 9.26. The second-order valence-electron chi connectivity index (χ2n) is 2.62. The molecule has 2 rings (SSSR count). The summed E-state index contributed by atoms with van der Waals surface area (Å²) in [6.07, 6.45) is 1.59. The Bertz CT molecular complexity index is 492. The van der Waals surface area contributed by atoms with Gasteiger partial charge >= 0.3 is 0 Å². The minimum atomic E-state index is 0.590. The Balaban J connectivity index is 2.82. The van der Waals surface area contributed by atoms with Gasteiger partial charge in [0, 0.05) is 10.9 Å². The topological polar surface area (TPSA) is 37.9 Å². The zero-order valence-corrected chi connectivity index (χ0v) is 7.89. The van der Waals surface area contributed by atoms with Gasteiger partial charge in [0.1, 0.15) is 10.4 Å². The molecule has 13 heavy (non-hydrogen) atoms. The molecule has 4 heteroatoms. The molecule has 0 atom stereocenters. The van der Waals surface area contributed by atoms with Gasteiger partial charge < -0.3 is 9.72 Å². The van der Waals surface area contributed by atoms with Gasteiger partial charge in [0.25, 0.3) is 0 Å². The van der Waals surface area contributed by atoms with Gasteiger partial charge in [0.15, 0.2) is 0 Å². The van der Waals surface area contributed by atoms with Gasteiger partial charge in [-0.05, 0) is 18.2 Å². The molecule has 0 radical (unpaired) electrons. The molecule has 1 N–H and O–H groups in total. The standard InChI is InChI=1S/C9H8N2OS/c1-12-6-2-3-8-7(4-6)9(13)11-5-10-8/h2-5H,1H3,(H,10,11,13). The first-order chi connectivity index (χ1) is 6.31. The molecule has 66 valence electrons. The van der Waals surface area contributed by atoms with E-state index in [-0.39, 0.29) is 0 Å². The molecule has 0 amide bonds. The highest BCUT2D eigenvalue weighted by Crippen LogP contribution is 2.18. The number of hydrogen-bond donors (Lipinski definition) is 1. The molecule has 1 heterocycles. The van der Waals surface area contributed by atoms with Crippen molar-refractivity contribution < 1.29 is 4.74 Å². The van der Waals surface area contributed by atoms with Crippen LogP contribution in [0.3, 0.4) is 0 Å². The number of benzene rings is 1. The Morgan fingerprint density at radius 1 is 1.46 bits per heavy atom. The lowest BCUT2D eigenvalue weighted by molar-refractivity contribution is 0.415. The average molecular weight is 192 g/mol. The predicted molar refractivity (Wildman–Crippen MR) is 53.5 cm³/mol. The molecule has 0 saturated carbocycles. The fourth-order valence-electron chi connectivity index (χ4n) is 1.18. The summed E-state index contributed by atoms with van der Waals surface area (Å²) in [6, 6.07) is 5.68. The maximum absolute atomic E-state index is 5.09. The van der Waals surface area contributed by atoms with Crippen LogP contribution in [0.5, 0.6) is 5.75 Å². The summed E-state index contributed by atoms with van der Waals surface area (Å²) in [4.78, 5) is 7.00. The van der Waals surface area contributed by atoms with Gasteiger partial charge in [0.05, 0.1) is 13.4 Å². The minimum Gasteiger partial charge on any atom is -0.497 e. The molecule has 0 unspecified atom stereocenters. The third-order valence-electron chi connectivity index (χ3n) is 1.86. The summed E-state index contributed by atoms with van der Waals surface area (Å²) in [5.74, 6) is 0.792. The predicted octanol–water partition coefficient (Wildman–Crippen LogP) is 2.30. The van der Waals surface area contributed by atoms with E-state index in [1.54, 1.807) is 13.4 Å². The fraction of sp³-hybridized carbons (Fsp3) is 0.111. The van der Waals surface area contributed by atoms with Gasteiger partial charge in [-0.15, -0.1) is 0 Å². The molecular formula is C9H8N2OS. The highest BCUT2D eigenvalue weighted by atomic mass is 32.1. The van der Waals surface area contributed by atoms with Crippen LogP contribution < -0.4 is 4.74 Å². The maximum Gasteiger partial charge on any atom is 0.137 e. The van der Waals surface area contributed by atoms with Gasteiger partial charge in [-0.3, -0.25) is 0 Å². The number of aromatic amines is 1. The maximum atomic E-state index is 5.09. The number of fused-ring (bicyclic) bond motifs is 1. The third-order valence-corrected chi connectivity index (χ3v) is 2.18. The van der Waals surface area contributed by atoms with Crippen molar-refractivity contribution in [2.75, 3.05) is 7.11 Å². The van der Waals surface area contributed by atoms with Crippen LogP contribution in [-0.4, -0.2) is 17.1 Å². The van der Waals surface area contributed by atoms with Crippen LogP contribution >= 0.6 is 12.2 Å². The van der Waals surface area contributed by atoms with Crippen LogP contribution in [0, 0.1) is 4.64 Å². The summed E-state index contributed by atoms with van der Waals surface area (Å²) in [5, 5.41) is 0.914. The quantitative estimate of drug-likeness (QED) is 0.704. The van der Waals surface area contributed by atoms with Gasteiger partial charge in [-0.25, -0.2) is 4.98 Å². The van der Waals surface area contributed by atoms with Gasteiger partial charge in [0.2, 0.25) is 0 Å². The highest BCUT2D eigenvalue weighted by Gasteiger charge is 1.97. The van der Waals surface area contributed by atoms with Crippen LogP contribution in [0.4, 0.5) is 0 Å². The molecule has 0 aliphatic carbocycles. The lowest BCUT2D eigenvalue weighted by Crippen LogP contribution is -1.86. The second-order valence-corrected chi connectivity index (χ2v) is 3.01. The van der Waals surface area contributed by atoms with Crippen LogP contribution in [0.15, 0.2) is 24.5 Å². The monoisotopic (exact) mass is 192 g/mol. The summed E-state index contributed by atoms with van der Waals surface area (Å²) >= 11 is 5.07. The van der Waals surface area contributed by atoms with Crippen molar-refractivity contribution in [2.45, 2.75) is 0 Å². The first-order valence-electron chi connectivity index (χ1n) is 3.83. The Morgan fingerprint density at radius 2 is 2.31 bits per heavy atom. The lowest BCUT2D eigenvalue weighted by atomic mass is 10.2. The van der Waals surface area contributed by atoms with Crippen molar-refractivity contribution in [1.29, 1.82) is 0 Å². The van der Waals surface area contributed by atoms with E-state index in [1.165, 1.54) is 0 Å². The third kappa shape index (κ3) is 1.40. The summed E-state index contributed by atoms with van der Waals surface area (Å²) < 4.78 is 5.68. The van der Waals surface area contributed by atoms with E-state index in [0.717, 1.165) is 16.7 Å². The van der Waals surface area contributed by atoms with E-state index in [1.807, 2.05) is 18.2 Å². The lowest BCUT2D eigenvalue weighted by Gasteiger charge is -2.01. The van der Waals surface area contributed by atoms with Crippen LogP contribution in [0.1, 0.15) is 0 Å². The van der Waals surface area contributed by atoms with Gasteiger partial charge in [-0.1, -0.05) is 12.2 Å². The SMILES string of the molecule is COc1ccc2[nH]cnc(=S)c2c1. The number of nitrogens with zero attached hydrogens (tertiary/aromatic N) is 1. The number of methoxy groups -OCH3 is 1. The van der Waals surface area contributed by atoms with Crippen molar-refractivity contribution in [2.24, 2.45) is 0 Å². The first kappa shape index (κ1) is 8.19. The number of nitrogens with one attached hydrogen (secondary N) is 1. The summed E-state index contributed by atoms with van der Waals surface area (Å²) in [5.41, 5.74) is 0.973. The Morgan fingerprint density at radius 3 is 3.08 bits per heavy atom. The summed E-state index contributed by atoms with van der Waals surface area (Å²) in [6.45, 7) is 0. The average Bonchev–Trinajstić information content (AvgIpc) is 2.18. The zero-order valence-electron chi connectivity index (χ0n) is 7.07. The van der Waals surface area contributed by atoms with E-state index < -0.39 is 0 Å². The fourth-order valence-corrected chi connectivity index (χ4v) is 1.40. The molecule has 3 nitrogen and oxygen atoms in total. The van der Waals surface area contributed by atoms with Crippen molar-refractivity contribution in [3.8, 4) is 5.75 Å². The van der Waals surface area contributed by atoms with Crippen LogP contribution in [0.25, 0.3) is 10.9 Å². The minimum absolute atomic E-state index is 0.590. The first-order valence-corrected chi connectivity index (χ1v) is 4.23. The normalized spacial score (nSPS) is 10.2. The largest absolute Gasteiger partial charge is 0.497 e. The number of ether oxygens (including phenoxy) is 1. The van der Waals surface area contributed by atoms with Crippen molar-refractivity contribution in [3.05, 3.63) is 29.2 Å². The van der Waals surface area contributed by atoms with Crippen molar-refractivity contribution in [3.63, 3.8) is 0 Å². The number of H-pyrrole nitrogens is 1. The van der Waals surface area contributed by atoms with E-state index in [9.17, 15) is 0 Å². The molecular weight excluding hydrogens is 184 g/mol. The smallest absolute Gasteiger partial charge is 0.137 e.